The molecule has 0 fully saturated rings. The van der Waals surface area contributed by atoms with E-state index >= 15 is 0 Å². The Morgan fingerprint density at radius 1 is 1.41 bits per heavy atom. The van der Waals surface area contributed by atoms with Crippen LogP contribution in [-0.4, -0.2) is 23.7 Å². The highest BCUT2D eigenvalue weighted by Gasteiger charge is 2.27. The fourth-order valence-corrected chi connectivity index (χ4v) is 2.02. The van der Waals surface area contributed by atoms with Crippen LogP contribution < -0.4 is 10.1 Å². The largest absolute Gasteiger partial charge is 0.490 e. The molecule has 0 amide bonds. The van der Waals surface area contributed by atoms with E-state index < -0.39 is 10.5 Å². The summed E-state index contributed by atoms with van der Waals surface area (Å²) < 4.78 is 10.4. The summed E-state index contributed by atoms with van der Waals surface area (Å²) in [5.74, 6) is 1.32. The van der Waals surface area contributed by atoms with Gasteiger partial charge in [-0.15, -0.1) is 0 Å². The van der Waals surface area contributed by atoms with Gasteiger partial charge < -0.3 is 19.6 Å². The molecule has 118 valence electrons. The number of rotatable bonds is 6. The van der Waals surface area contributed by atoms with Gasteiger partial charge in [0, 0.05) is 17.8 Å². The number of aliphatic hydroxyl groups is 1. The molecule has 1 unspecified atom stereocenters. The van der Waals surface area contributed by atoms with E-state index in [-0.39, 0.29) is 18.0 Å². The third-order valence-corrected chi connectivity index (χ3v) is 3.28. The van der Waals surface area contributed by atoms with Crippen LogP contribution in [0.4, 0.5) is 11.4 Å². The predicted molar refractivity (Wildman–Crippen MR) is 81.2 cm³/mol. The number of ether oxygens (including phenoxy) is 1. The average Bonchev–Trinajstić information content (AvgIpc) is 2.92. The molecule has 2 N–H and O–H groups in total. The topological polar surface area (TPSA) is 97.8 Å². The van der Waals surface area contributed by atoms with E-state index in [0.717, 1.165) is 0 Å². The number of anilines is 1. The molecule has 22 heavy (non-hydrogen) atoms. The standard InChI is InChI=1S/C15H18N2O5/c1-10-4-7-14(22-10)15(2,18)9-16-11-5-6-12(17(19)20)13(8-11)21-3/h4-8,16,18H,9H2,1-3H3. The third-order valence-electron chi connectivity index (χ3n) is 3.28. The van der Waals surface area contributed by atoms with E-state index in [0.29, 0.717) is 17.2 Å². The zero-order chi connectivity index (χ0) is 16.3. The van der Waals surface area contributed by atoms with Gasteiger partial charge in [0.05, 0.1) is 18.6 Å². The number of aryl methyl sites for hydroxylation is 1. The summed E-state index contributed by atoms with van der Waals surface area (Å²) in [5, 5.41) is 24.3. The number of nitrogens with one attached hydrogen (secondary N) is 1. The number of benzene rings is 1. The molecule has 0 saturated carbocycles. The summed E-state index contributed by atoms with van der Waals surface area (Å²) in [4.78, 5) is 10.3. The van der Waals surface area contributed by atoms with Crippen LogP contribution in [0.3, 0.4) is 0 Å². The number of methoxy groups -OCH3 is 1. The van der Waals surface area contributed by atoms with Gasteiger partial charge in [0.15, 0.2) is 5.75 Å². The van der Waals surface area contributed by atoms with E-state index in [1.54, 1.807) is 32.0 Å². The molecular formula is C15H18N2O5. The van der Waals surface area contributed by atoms with Crippen molar-refractivity contribution in [3.05, 3.63) is 52.0 Å². The molecule has 1 atom stereocenters. The Kier molecular flexibility index (Phi) is 4.37. The van der Waals surface area contributed by atoms with Crippen molar-refractivity contribution in [1.29, 1.82) is 0 Å². The van der Waals surface area contributed by atoms with Crippen LogP contribution in [0.2, 0.25) is 0 Å². The van der Waals surface area contributed by atoms with Gasteiger partial charge in [-0.25, -0.2) is 0 Å². The van der Waals surface area contributed by atoms with Crippen LogP contribution in [0, 0.1) is 17.0 Å². The summed E-state index contributed by atoms with van der Waals surface area (Å²) in [7, 11) is 1.37. The molecule has 2 rings (SSSR count). The van der Waals surface area contributed by atoms with Crippen molar-refractivity contribution in [2.75, 3.05) is 19.0 Å². The molecule has 0 aliphatic rings. The van der Waals surface area contributed by atoms with Gasteiger partial charge in [0.25, 0.3) is 0 Å². The predicted octanol–water partition coefficient (Wildman–Crippen LogP) is 2.82. The quantitative estimate of drug-likeness (QED) is 0.629. The van der Waals surface area contributed by atoms with E-state index in [1.807, 2.05) is 0 Å². The van der Waals surface area contributed by atoms with Gasteiger partial charge in [-0.2, -0.15) is 0 Å². The lowest BCUT2D eigenvalue weighted by Crippen LogP contribution is -2.30. The Balaban J connectivity index is 2.13. The molecule has 0 saturated heterocycles. The lowest BCUT2D eigenvalue weighted by molar-refractivity contribution is -0.385. The molecule has 2 aromatic rings. The number of hydrogen-bond donors (Lipinski definition) is 2. The summed E-state index contributed by atoms with van der Waals surface area (Å²) in [6.45, 7) is 3.61. The summed E-state index contributed by atoms with van der Waals surface area (Å²) in [6.07, 6.45) is 0. The molecule has 0 aliphatic heterocycles. The van der Waals surface area contributed by atoms with Crippen LogP contribution in [0.15, 0.2) is 34.7 Å². The smallest absolute Gasteiger partial charge is 0.311 e. The average molecular weight is 306 g/mol. The first-order valence-corrected chi connectivity index (χ1v) is 6.69. The number of hydrogen-bond acceptors (Lipinski definition) is 6. The summed E-state index contributed by atoms with van der Waals surface area (Å²) in [5.41, 5.74) is -0.712. The minimum atomic E-state index is -1.21. The second-order valence-electron chi connectivity index (χ2n) is 5.18. The van der Waals surface area contributed by atoms with Gasteiger partial charge in [-0.3, -0.25) is 10.1 Å². The second kappa shape index (κ2) is 6.07. The van der Waals surface area contributed by atoms with Crippen molar-refractivity contribution in [1.82, 2.24) is 0 Å². The maximum atomic E-state index is 10.8. The number of furan rings is 1. The fourth-order valence-electron chi connectivity index (χ4n) is 2.02. The molecule has 0 radical (unpaired) electrons. The highest BCUT2D eigenvalue weighted by atomic mass is 16.6. The first kappa shape index (κ1) is 15.8. The Morgan fingerprint density at radius 3 is 2.68 bits per heavy atom. The molecule has 0 spiro atoms. The Labute approximate surface area is 127 Å². The van der Waals surface area contributed by atoms with E-state index in [9.17, 15) is 15.2 Å². The van der Waals surface area contributed by atoms with Gasteiger partial charge in [0.2, 0.25) is 0 Å². The van der Waals surface area contributed by atoms with Crippen molar-refractivity contribution in [3.8, 4) is 5.75 Å². The molecule has 1 heterocycles. The molecule has 0 bridgehead atoms. The van der Waals surface area contributed by atoms with Crippen molar-refractivity contribution in [3.63, 3.8) is 0 Å². The first-order valence-electron chi connectivity index (χ1n) is 6.69. The van der Waals surface area contributed by atoms with Gasteiger partial charge in [0.1, 0.15) is 17.1 Å². The number of nitro groups is 1. The fraction of sp³-hybridized carbons (Fsp3) is 0.333. The summed E-state index contributed by atoms with van der Waals surface area (Å²) in [6, 6.07) is 7.92. The second-order valence-corrected chi connectivity index (χ2v) is 5.18. The third kappa shape index (κ3) is 3.37. The zero-order valence-corrected chi connectivity index (χ0v) is 12.6. The van der Waals surface area contributed by atoms with E-state index in [2.05, 4.69) is 5.32 Å². The van der Waals surface area contributed by atoms with Crippen molar-refractivity contribution < 1.29 is 19.2 Å². The van der Waals surface area contributed by atoms with Crippen LogP contribution in [-0.2, 0) is 5.60 Å². The van der Waals surface area contributed by atoms with Crippen molar-refractivity contribution in [2.45, 2.75) is 19.4 Å². The highest BCUT2D eigenvalue weighted by molar-refractivity contribution is 5.58. The lowest BCUT2D eigenvalue weighted by atomic mass is 10.0. The minimum absolute atomic E-state index is 0.110. The molecular weight excluding hydrogens is 288 g/mol. The van der Waals surface area contributed by atoms with Crippen molar-refractivity contribution >= 4 is 11.4 Å². The molecule has 1 aromatic carbocycles. The number of nitro benzene ring substituents is 1. The van der Waals surface area contributed by atoms with E-state index in [4.69, 9.17) is 9.15 Å². The lowest BCUT2D eigenvalue weighted by Gasteiger charge is -2.22. The van der Waals surface area contributed by atoms with E-state index in [1.165, 1.54) is 19.2 Å². The number of nitrogens with zero attached hydrogens (tertiary/aromatic N) is 1. The van der Waals surface area contributed by atoms with Crippen LogP contribution in [0.5, 0.6) is 5.75 Å². The van der Waals surface area contributed by atoms with Crippen LogP contribution >= 0.6 is 0 Å². The first-order chi connectivity index (χ1) is 10.3. The van der Waals surface area contributed by atoms with Crippen LogP contribution in [0.1, 0.15) is 18.4 Å². The zero-order valence-electron chi connectivity index (χ0n) is 12.6. The van der Waals surface area contributed by atoms with Crippen LogP contribution in [0.25, 0.3) is 0 Å². The summed E-state index contributed by atoms with van der Waals surface area (Å²) >= 11 is 0. The maximum absolute atomic E-state index is 10.8. The minimum Gasteiger partial charge on any atom is -0.490 e. The normalized spacial score (nSPS) is 13.5. The van der Waals surface area contributed by atoms with Gasteiger partial charge in [-0.1, -0.05) is 0 Å². The van der Waals surface area contributed by atoms with Crippen molar-refractivity contribution in [2.24, 2.45) is 0 Å². The molecule has 7 heteroatoms. The SMILES string of the molecule is COc1cc(NCC(C)(O)c2ccc(C)o2)ccc1[N+](=O)[O-]. The molecule has 0 aliphatic carbocycles. The highest BCUT2D eigenvalue weighted by Crippen LogP contribution is 2.30. The monoisotopic (exact) mass is 306 g/mol. The Morgan fingerprint density at radius 2 is 2.14 bits per heavy atom. The molecule has 7 nitrogen and oxygen atoms in total. The van der Waals surface area contributed by atoms with Gasteiger partial charge in [-0.05, 0) is 32.0 Å². The molecule has 1 aromatic heterocycles. The Bertz CT molecular complexity index is 678. The maximum Gasteiger partial charge on any atom is 0.311 e. The Hall–Kier alpha value is -2.54. The van der Waals surface area contributed by atoms with Gasteiger partial charge >= 0.3 is 5.69 Å².